The van der Waals surface area contributed by atoms with E-state index in [0.29, 0.717) is 35.0 Å². The van der Waals surface area contributed by atoms with E-state index in [-0.39, 0.29) is 0 Å². The Morgan fingerprint density at radius 3 is 2.29 bits per heavy atom. The molecule has 0 bridgehead atoms. The molecule has 0 spiro atoms. The van der Waals surface area contributed by atoms with Gasteiger partial charge >= 0.3 is 5.97 Å². The third-order valence-electron chi connectivity index (χ3n) is 4.62. The summed E-state index contributed by atoms with van der Waals surface area (Å²) in [6.45, 7) is 4.19. The van der Waals surface area contributed by atoms with Crippen LogP contribution in [0.1, 0.15) is 28.8 Å². The average Bonchev–Trinajstić information content (AvgIpc) is 2.82. The van der Waals surface area contributed by atoms with Gasteiger partial charge in [0.1, 0.15) is 5.75 Å². The van der Waals surface area contributed by atoms with Crippen molar-refractivity contribution in [3.63, 3.8) is 0 Å². The second-order valence-electron chi connectivity index (χ2n) is 6.75. The molecule has 0 fully saturated rings. The summed E-state index contributed by atoms with van der Waals surface area (Å²) in [6.07, 6.45) is 3.51. The van der Waals surface area contributed by atoms with Crippen molar-refractivity contribution in [2.45, 2.75) is 12.8 Å². The first-order valence-electron chi connectivity index (χ1n) is 9.89. The third kappa shape index (κ3) is 5.74. The molecule has 0 aliphatic rings. The van der Waals surface area contributed by atoms with Crippen LogP contribution >= 0.6 is 0 Å². The summed E-state index contributed by atoms with van der Waals surface area (Å²) in [5.74, 6) is 1.01. The molecule has 0 amide bonds. The first kappa shape index (κ1) is 21.7. The summed E-state index contributed by atoms with van der Waals surface area (Å²) in [4.78, 5) is 12.6. The summed E-state index contributed by atoms with van der Waals surface area (Å²) >= 11 is 0. The van der Waals surface area contributed by atoms with E-state index in [2.05, 4.69) is 12.6 Å². The minimum absolute atomic E-state index is 0.371. The molecule has 0 unspecified atom stereocenters. The van der Waals surface area contributed by atoms with Crippen LogP contribution in [0, 0.1) is 11.3 Å². The number of benzene rings is 3. The zero-order valence-corrected chi connectivity index (χ0v) is 17.3. The van der Waals surface area contributed by atoms with Crippen molar-refractivity contribution in [3.05, 3.63) is 90.5 Å². The van der Waals surface area contributed by atoms with Crippen molar-refractivity contribution in [2.75, 3.05) is 13.7 Å². The van der Waals surface area contributed by atoms with Gasteiger partial charge in [0.25, 0.3) is 0 Å². The molecule has 0 heterocycles. The topological polar surface area (TPSA) is 68.5 Å². The van der Waals surface area contributed by atoms with Gasteiger partial charge in [-0.15, -0.1) is 6.58 Å². The lowest BCUT2D eigenvalue weighted by atomic mass is 10.0. The predicted octanol–water partition coefficient (Wildman–Crippen LogP) is 5.80. The van der Waals surface area contributed by atoms with Crippen molar-refractivity contribution < 1.29 is 19.0 Å². The Morgan fingerprint density at radius 2 is 1.68 bits per heavy atom. The van der Waals surface area contributed by atoms with E-state index in [1.807, 2.05) is 30.3 Å². The Kier molecular flexibility index (Phi) is 7.45. The van der Waals surface area contributed by atoms with Gasteiger partial charge < -0.3 is 14.2 Å². The zero-order chi connectivity index (χ0) is 22.1. The molecule has 0 saturated heterocycles. The van der Waals surface area contributed by atoms with Crippen molar-refractivity contribution >= 4 is 5.97 Å². The van der Waals surface area contributed by atoms with Crippen molar-refractivity contribution in [3.8, 4) is 34.4 Å². The van der Waals surface area contributed by atoms with Crippen LogP contribution in [0.25, 0.3) is 11.1 Å². The summed E-state index contributed by atoms with van der Waals surface area (Å²) < 4.78 is 16.6. The van der Waals surface area contributed by atoms with Gasteiger partial charge in [-0.25, -0.2) is 4.79 Å². The molecule has 156 valence electrons. The van der Waals surface area contributed by atoms with Crippen molar-refractivity contribution in [2.24, 2.45) is 0 Å². The van der Waals surface area contributed by atoms with Crippen LogP contribution in [0.3, 0.4) is 0 Å². The fourth-order valence-corrected chi connectivity index (χ4v) is 2.94. The maximum Gasteiger partial charge on any atom is 0.343 e. The second-order valence-corrected chi connectivity index (χ2v) is 6.75. The Labute approximate surface area is 182 Å². The average molecular weight is 413 g/mol. The molecule has 0 aliphatic carbocycles. The zero-order valence-electron chi connectivity index (χ0n) is 17.3. The maximum absolute atomic E-state index is 12.6. The Hall–Kier alpha value is -4.04. The monoisotopic (exact) mass is 413 g/mol. The number of methoxy groups -OCH3 is 1. The van der Waals surface area contributed by atoms with Gasteiger partial charge in [0, 0.05) is 0 Å². The van der Waals surface area contributed by atoms with Gasteiger partial charge in [-0.05, 0) is 66.4 Å². The number of esters is 1. The predicted molar refractivity (Wildman–Crippen MR) is 119 cm³/mol. The molecular weight excluding hydrogens is 390 g/mol. The number of nitriles is 1. The van der Waals surface area contributed by atoms with Gasteiger partial charge in [-0.1, -0.05) is 30.3 Å². The van der Waals surface area contributed by atoms with E-state index in [4.69, 9.17) is 19.5 Å². The van der Waals surface area contributed by atoms with E-state index < -0.39 is 5.97 Å². The lowest BCUT2D eigenvalue weighted by molar-refractivity contribution is 0.0734. The minimum Gasteiger partial charge on any atom is -0.493 e. The summed E-state index contributed by atoms with van der Waals surface area (Å²) in [5, 5.41) is 8.91. The lowest BCUT2D eigenvalue weighted by Gasteiger charge is -2.12. The number of allylic oxidation sites excluding steroid dienone is 1. The number of hydrogen-bond donors (Lipinski definition) is 0. The highest BCUT2D eigenvalue weighted by Gasteiger charge is 2.13. The number of hydrogen-bond acceptors (Lipinski definition) is 5. The standard InChI is InChI=1S/C26H23NO4/c1-3-4-5-16-30-25-17-22(12-15-24(25)29-2)26(28)31-23-13-10-21(11-14-23)20-8-6-19(18-27)7-9-20/h3,6-15,17H,1,4-5,16H2,2H3. The van der Waals surface area contributed by atoms with Crippen molar-refractivity contribution in [1.29, 1.82) is 5.26 Å². The molecule has 3 rings (SSSR count). The van der Waals surface area contributed by atoms with E-state index in [1.54, 1.807) is 49.6 Å². The summed E-state index contributed by atoms with van der Waals surface area (Å²) in [7, 11) is 1.55. The van der Waals surface area contributed by atoms with E-state index >= 15 is 0 Å². The highest BCUT2D eigenvalue weighted by molar-refractivity contribution is 5.92. The summed E-state index contributed by atoms with van der Waals surface area (Å²) in [5.41, 5.74) is 2.92. The molecule has 3 aromatic carbocycles. The lowest BCUT2D eigenvalue weighted by Crippen LogP contribution is -2.09. The van der Waals surface area contributed by atoms with Crippen molar-refractivity contribution in [1.82, 2.24) is 0 Å². The van der Waals surface area contributed by atoms with Gasteiger partial charge in [0.2, 0.25) is 0 Å². The molecule has 31 heavy (non-hydrogen) atoms. The molecule has 5 heteroatoms. The Morgan fingerprint density at radius 1 is 1.00 bits per heavy atom. The smallest absolute Gasteiger partial charge is 0.343 e. The molecule has 0 saturated carbocycles. The molecule has 0 aliphatic heterocycles. The van der Waals surface area contributed by atoms with Crippen LogP contribution < -0.4 is 14.2 Å². The van der Waals surface area contributed by atoms with Crippen LogP contribution in [0.4, 0.5) is 0 Å². The second kappa shape index (κ2) is 10.7. The first-order valence-corrected chi connectivity index (χ1v) is 9.89. The first-order chi connectivity index (χ1) is 15.1. The largest absolute Gasteiger partial charge is 0.493 e. The van der Waals surface area contributed by atoms with Crippen LogP contribution in [0.15, 0.2) is 79.4 Å². The molecule has 3 aromatic rings. The number of carbonyl (C=O) groups excluding carboxylic acids is 1. The third-order valence-corrected chi connectivity index (χ3v) is 4.62. The van der Waals surface area contributed by atoms with Crippen LogP contribution in [0.2, 0.25) is 0 Å². The molecule has 0 atom stereocenters. The Bertz CT molecular complexity index is 1080. The van der Waals surface area contributed by atoms with Crippen LogP contribution in [-0.2, 0) is 0 Å². The van der Waals surface area contributed by atoms with Gasteiger partial charge in [-0.3, -0.25) is 0 Å². The SMILES string of the molecule is C=CCCCOc1cc(C(=O)Oc2ccc(-c3ccc(C#N)cc3)cc2)ccc1OC. The van der Waals surface area contributed by atoms with E-state index in [1.165, 1.54) is 0 Å². The molecule has 5 nitrogen and oxygen atoms in total. The van der Waals surface area contributed by atoms with Crippen LogP contribution in [0.5, 0.6) is 17.2 Å². The molecule has 0 radical (unpaired) electrons. The fraction of sp³-hybridized carbons (Fsp3) is 0.154. The number of unbranched alkanes of at least 4 members (excludes halogenated alkanes) is 1. The molecule has 0 aromatic heterocycles. The highest BCUT2D eigenvalue weighted by Crippen LogP contribution is 2.29. The minimum atomic E-state index is -0.482. The maximum atomic E-state index is 12.6. The van der Waals surface area contributed by atoms with E-state index in [0.717, 1.165) is 24.0 Å². The fourth-order valence-electron chi connectivity index (χ4n) is 2.94. The van der Waals surface area contributed by atoms with Gasteiger partial charge in [0.05, 0.1) is 30.9 Å². The normalized spacial score (nSPS) is 10.1. The number of rotatable bonds is 9. The van der Waals surface area contributed by atoms with Gasteiger partial charge in [-0.2, -0.15) is 5.26 Å². The Balaban J connectivity index is 1.69. The summed E-state index contributed by atoms with van der Waals surface area (Å²) in [6, 6.07) is 21.6. The molecular formula is C26H23NO4. The number of ether oxygens (including phenoxy) is 3. The molecule has 0 N–H and O–H groups in total. The van der Waals surface area contributed by atoms with Crippen LogP contribution in [-0.4, -0.2) is 19.7 Å². The number of nitrogens with zero attached hydrogens (tertiary/aromatic N) is 1. The highest BCUT2D eigenvalue weighted by atomic mass is 16.5. The van der Waals surface area contributed by atoms with Gasteiger partial charge in [0.15, 0.2) is 11.5 Å². The van der Waals surface area contributed by atoms with E-state index in [9.17, 15) is 4.79 Å². The quantitative estimate of drug-likeness (QED) is 0.192. The number of carbonyl (C=O) groups is 1.